The van der Waals surface area contributed by atoms with Gasteiger partial charge in [-0.25, -0.2) is 0 Å². The molecule has 0 unspecified atom stereocenters. The number of benzene rings is 3. The van der Waals surface area contributed by atoms with E-state index in [0.29, 0.717) is 35.3 Å². The number of methoxy groups -OCH3 is 2. The molecule has 0 aliphatic rings. The Morgan fingerprint density at radius 3 is 2.23 bits per heavy atom. The highest BCUT2D eigenvalue weighted by molar-refractivity contribution is 6.05. The second kappa shape index (κ2) is 9.83. The zero-order chi connectivity index (χ0) is 21.5. The van der Waals surface area contributed by atoms with Crippen LogP contribution in [0.1, 0.15) is 41.3 Å². The third-order valence-electron chi connectivity index (χ3n) is 4.82. The second-order valence-electron chi connectivity index (χ2n) is 7.16. The van der Waals surface area contributed by atoms with E-state index in [1.165, 1.54) is 0 Å². The van der Waals surface area contributed by atoms with Crippen LogP contribution in [0.15, 0.2) is 66.7 Å². The van der Waals surface area contributed by atoms with Gasteiger partial charge in [-0.05, 0) is 47.9 Å². The lowest BCUT2D eigenvalue weighted by Crippen LogP contribution is -2.13. The molecule has 0 fully saturated rings. The molecule has 0 radical (unpaired) electrons. The first kappa shape index (κ1) is 21.2. The predicted molar refractivity (Wildman–Crippen MR) is 119 cm³/mol. The molecule has 0 heterocycles. The van der Waals surface area contributed by atoms with Crippen molar-refractivity contribution in [3.63, 3.8) is 0 Å². The normalized spacial score (nSPS) is 10.6. The summed E-state index contributed by atoms with van der Waals surface area (Å²) in [6, 6.07) is 20.6. The molecule has 3 aromatic carbocycles. The van der Waals surface area contributed by atoms with Crippen molar-refractivity contribution in [3.05, 3.63) is 83.4 Å². The Balaban J connectivity index is 1.81. The maximum absolute atomic E-state index is 12.8. The molecule has 0 saturated heterocycles. The minimum Gasteiger partial charge on any atom is -0.496 e. The number of ether oxygens (including phenoxy) is 3. The SMILES string of the molecule is COc1ccc(C(=O)Nc2ccccc2OC)cc1COc1ccccc1C(C)C. The molecule has 0 atom stereocenters. The molecule has 3 rings (SSSR count). The van der Waals surface area contributed by atoms with Crippen molar-refractivity contribution in [1.82, 2.24) is 0 Å². The average Bonchev–Trinajstić information content (AvgIpc) is 2.77. The fourth-order valence-corrected chi connectivity index (χ4v) is 3.22. The molecule has 0 saturated carbocycles. The number of hydrogen-bond acceptors (Lipinski definition) is 4. The standard InChI is InChI=1S/C25H27NO4/c1-17(2)20-9-5-7-11-23(20)30-16-19-15-18(13-14-22(19)28-3)25(27)26-21-10-6-8-12-24(21)29-4/h5-15,17H,16H2,1-4H3,(H,26,27). The maximum Gasteiger partial charge on any atom is 0.255 e. The zero-order valence-corrected chi connectivity index (χ0v) is 17.8. The highest BCUT2D eigenvalue weighted by atomic mass is 16.5. The Hall–Kier alpha value is -3.47. The monoisotopic (exact) mass is 405 g/mol. The summed E-state index contributed by atoms with van der Waals surface area (Å²) in [6.45, 7) is 4.56. The molecule has 0 spiro atoms. The quantitative estimate of drug-likeness (QED) is 0.525. The predicted octanol–water partition coefficient (Wildman–Crippen LogP) is 5.66. The van der Waals surface area contributed by atoms with E-state index in [-0.39, 0.29) is 5.91 Å². The smallest absolute Gasteiger partial charge is 0.255 e. The lowest BCUT2D eigenvalue weighted by molar-refractivity contribution is 0.102. The van der Waals surface area contributed by atoms with Gasteiger partial charge in [0.25, 0.3) is 5.91 Å². The highest BCUT2D eigenvalue weighted by Gasteiger charge is 2.14. The second-order valence-corrected chi connectivity index (χ2v) is 7.16. The van der Waals surface area contributed by atoms with Crippen molar-refractivity contribution in [1.29, 1.82) is 0 Å². The molecular weight excluding hydrogens is 378 g/mol. The molecule has 3 aromatic rings. The molecular formula is C25H27NO4. The number of carbonyl (C=O) groups is 1. The van der Waals surface area contributed by atoms with Gasteiger partial charge in [-0.1, -0.05) is 44.2 Å². The Morgan fingerprint density at radius 1 is 0.867 bits per heavy atom. The van der Waals surface area contributed by atoms with Crippen molar-refractivity contribution in [2.75, 3.05) is 19.5 Å². The van der Waals surface area contributed by atoms with Gasteiger partial charge in [0.1, 0.15) is 23.9 Å². The van der Waals surface area contributed by atoms with E-state index < -0.39 is 0 Å². The molecule has 0 bridgehead atoms. The summed E-state index contributed by atoms with van der Waals surface area (Å²) < 4.78 is 16.9. The molecule has 0 aliphatic carbocycles. The van der Waals surface area contributed by atoms with E-state index in [1.807, 2.05) is 30.3 Å². The number of rotatable bonds is 8. The summed E-state index contributed by atoms with van der Waals surface area (Å²) >= 11 is 0. The van der Waals surface area contributed by atoms with Gasteiger partial charge in [0, 0.05) is 11.1 Å². The topological polar surface area (TPSA) is 56.8 Å². The first-order valence-corrected chi connectivity index (χ1v) is 9.86. The fourth-order valence-electron chi connectivity index (χ4n) is 3.22. The summed E-state index contributed by atoms with van der Waals surface area (Å²) in [5, 5.41) is 2.89. The summed E-state index contributed by atoms with van der Waals surface area (Å²) in [4.78, 5) is 12.8. The molecule has 156 valence electrons. The van der Waals surface area contributed by atoms with Gasteiger partial charge in [0.05, 0.1) is 19.9 Å². The maximum atomic E-state index is 12.8. The number of carbonyl (C=O) groups excluding carboxylic acids is 1. The molecule has 1 amide bonds. The van der Waals surface area contributed by atoms with Crippen LogP contribution in [-0.2, 0) is 6.61 Å². The molecule has 5 nitrogen and oxygen atoms in total. The van der Waals surface area contributed by atoms with Crippen LogP contribution in [0.5, 0.6) is 17.2 Å². The van der Waals surface area contributed by atoms with Gasteiger partial charge in [-0.2, -0.15) is 0 Å². The van der Waals surface area contributed by atoms with Crippen LogP contribution in [0.4, 0.5) is 5.69 Å². The minimum absolute atomic E-state index is 0.231. The third-order valence-corrected chi connectivity index (χ3v) is 4.82. The molecule has 30 heavy (non-hydrogen) atoms. The van der Waals surface area contributed by atoms with Gasteiger partial charge in [-0.3, -0.25) is 4.79 Å². The fraction of sp³-hybridized carbons (Fsp3) is 0.240. The Morgan fingerprint density at radius 2 is 1.53 bits per heavy atom. The van der Waals surface area contributed by atoms with Gasteiger partial charge in [0.15, 0.2) is 0 Å². The van der Waals surface area contributed by atoms with E-state index in [0.717, 1.165) is 16.9 Å². The van der Waals surface area contributed by atoms with Gasteiger partial charge in [-0.15, -0.1) is 0 Å². The summed E-state index contributed by atoms with van der Waals surface area (Å²) in [6.07, 6.45) is 0. The van der Waals surface area contributed by atoms with Crippen molar-refractivity contribution >= 4 is 11.6 Å². The van der Waals surface area contributed by atoms with E-state index >= 15 is 0 Å². The first-order chi connectivity index (χ1) is 14.5. The van der Waals surface area contributed by atoms with Crippen molar-refractivity contribution < 1.29 is 19.0 Å². The van der Waals surface area contributed by atoms with E-state index in [9.17, 15) is 4.79 Å². The van der Waals surface area contributed by atoms with Crippen LogP contribution >= 0.6 is 0 Å². The lowest BCUT2D eigenvalue weighted by Gasteiger charge is -2.16. The van der Waals surface area contributed by atoms with Crippen molar-refractivity contribution in [2.24, 2.45) is 0 Å². The summed E-state index contributed by atoms with van der Waals surface area (Å²) in [5.41, 5.74) is 3.06. The number of para-hydroxylation sites is 3. The largest absolute Gasteiger partial charge is 0.496 e. The first-order valence-electron chi connectivity index (χ1n) is 9.86. The summed E-state index contributed by atoms with van der Waals surface area (Å²) in [5.74, 6) is 2.23. The van der Waals surface area contributed by atoms with E-state index in [2.05, 4.69) is 25.2 Å². The number of anilines is 1. The highest BCUT2D eigenvalue weighted by Crippen LogP contribution is 2.29. The van der Waals surface area contributed by atoms with Crippen molar-refractivity contribution in [3.8, 4) is 17.2 Å². The third kappa shape index (κ3) is 4.92. The zero-order valence-electron chi connectivity index (χ0n) is 17.8. The average molecular weight is 405 g/mol. The number of nitrogens with one attached hydrogen (secondary N) is 1. The van der Waals surface area contributed by atoms with Crippen LogP contribution in [0, 0.1) is 0 Å². The Bertz CT molecular complexity index is 1010. The van der Waals surface area contributed by atoms with Crippen LogP contribution in [0.3, 0.4) is 0 Å². The minimum atomic E-state index is -0.231. The number of amides is 1. The Kier molecular flexibility index (Phi) is 6.96. The Labute approximate surface area is 177 Å². The lowest BCUT2D eigenvalue weighted by atomic mass is 10.0. The molecule has 5 heteroatoms. The van der Waals surface area contributed by atoms with Crippen molar-refractivity contribution in [2.45, 2.75) is 26.4 Å². The molecule has 0 aliphatic heterocycles. The van der Waals surface area contributed by atoms with Gasteiger partial charge >= 0.3 is 0 Å². The van der Waals surface area contributed by atoms with Crippen LogP contribution in [-0.4, -0.2) is 20.1 Å². The molecule has 1 N–H and O–H groups in total. The van der Waals surface area contributed by atoms with E-state index in [1.54, 1.807) is 44.6 Å². The summed E-state index contributed by atoms with van der Waals surface area (Å²) in [7, 11) is 3.18. The van der Waals surface area contributed by atoms with Crippen LogP contribution in [0.2, 0.25) is 0 Å². The van der Waals surface area contributed by atoms with E-state index in [4.69, 9.17) is 14.2 Å². The molecule has 0 aromatic heterocycles. The van der Waals surface area contributed by atoms with Gasteiger partial charge < -0.3 is 19.5 Å². The number of hydrogen-bond donors (Lipinski definition) is 1. The van der Waals surface area contributed by atoms with Crippen LogP contribution < -0.4 is 19.5 Å². The van der Waals surface area contributed by atoms with Crippen LogP contribution in [0.25, 0.3) is 0 Å². The van der Waals surface area contributed by atoms with Gasteiger partial charge in [0.2, 0.25) is 0 Å².